The van der Waals surface area contributed by atoms with Crippen molar-refractivity contribution in [2.75, 3.05) is 0 Å². The highest BCUT2D eigenvalue weighted by Crippen LogP contribution is 2.40. The van der Waals surface area contributed by atoms with Gasteiger partial charge in [-0.25, -0.2) is 4.98 Å². The van der Waals surface area contributed by atoms with Gasteiger partial charge in [-0.15, -0.1) is 11.6 Å². The molecule has 1 saturated carbocycles. The van der Waals surface area contributed by atoms with Gasteiger partial charge in [0.15, 0.2) is 0 Å². The molecule has 3 unspecified atom stereocenters. The molecule has 96 valence electrons. The van der Waals surface area contributed by atoms with E-state index < -0.39 is 0 Å². The minimum absolute atomic E-state index is 0.0785. The summed E-state index contributed by atoms with van der Waals surface area (Å²) in [5.41, 5.74) is 2.08. The summed E-state index contributed by atoms with van der Waals surface area (Å²) >= 11 is 12.3. The maximum atomic E-state index is 6.24. The standard InChI is InChI=1S/C14H16Cl2N2/c1-8-5-10(8)7-18-13-4-3-11(16)6-12(13)17-14(18)9(2)15/h3-4,6,8-10H,5,7H2,1-2H3. The summed E-state index contributed by atoms with van der Waals surface area (Å²) in [5.74, 6) is 2.55. The van der Waals surface area contributed by atoms with Crippen LogP contribution in [0.15, 0.2) is 18.2 Å². The van der Waals surface area contributed by atoms with Crippen LogP contribution in [0.25, 0.3) is 11.0 Å². The second-order valence-corrected chi connectivity index (χ2v) is 6.39. The second-order valence-electron chi connectivity index (χ2n) is 5.30. The van der Waals surface area contributed by atoms with Crippen LogP contribution in [0.1, 0.15) is 31.5 Å². The predicted octanol–water partition coefficient (Wildman–Crippen LogP) is 4.65. The second kappa shape index (κ2) is 4.43. The number of fused-ring (bicyclic) bond motifs is 1. The van der Waals surface area contributed by atoms with E-state index in [9.17, 15) is 0 Å². The quantitative estimate of drug-likeness (QED) is 0.750. The van der Waals surface area contributed by atoms with Crippen molar-refractivity contribution in [1.82, 2.24) is 9.55 Å². The van der Waals surface area contributed by atoms with E-state index in [2.05, 4.69) is 16.5 Å². The van der Waals surface area contributed by atoms with Gasteiger partial charge < -0.3 is 4.57 Å². The van der Waals surface area contributed by atoms with Gasteiger partial charge in [-0.1, -0.05) is 18.5 Å². The van der Waals surface area contributed by atoms with Crippen LogP contribution >= 0.6 is 23.2 Å². The number of hydrogen-bond donors (Lipinski definition) is 0. The third kappa shape index (κ3) is 2.12. The average Bonchev–Trinajstić information content (AvgIpc) is 2.87. The molecule has 18 heavy (non-hydrogen) atoms. The van der Waals surface area contributed by atoms with E-state index in [0.717, 1.165) is 40.3 Å². The molecule has 0 saturated heterocycles. The van der Waals surface area contributed by atoms with Gasteiger partial charge in [0.1, 0.15) is 5.82 Å². The van der Waals surface area contributed by atoms with Crippen LogP contribution in [0, 0.1) is 11.8 Å². The first-order valence-corrected chi connectivity index (χ1v) is 7.17. The van der Waals surface area contributed by atoms with Gasteiger partial charge >= 0.3 is 0 Å². The highest BCUT2D eigenvalue weighted by molar-refractivity contribution is 6.31. The van der Waals surface area contributed by atoms with Crippen LogP contribution in [-0.2, 0) is 6.54 Å². The molecule has 0 bridgehead atoms. The van der Waals surface area contributed by atoms with E-state index in [1.807, 2.05) is 25.1 Å². The maximum Gasteiger partial charge on any atom is 0.127 e. The Morgan fingerprint density at radius 3 is 2.83 bits per heavy atom. The van der Waals surface area contributed by atoms with Crippen LogP contribution in [0.2, 0.25) is 5.02 Å². The van der Waals surface area contributed by atoms with Gasteiger partial charge in [-0.2, -0.15) is 0 Å². The molecule has 1 fully saturated rings. The Labute approximate surface area is 117 Å². The predicted molar refractivity (Wildman–Crippen MR) is 76.3 cm³/mol. The lowest BCUT2D eigenvalue weighted by Crippen LogP contribution is -2.06. The van der Waals surface area contributed by atoms with Gasteiger partial charge in [0.25, 0.3) is 0 Å². The van der Waals surface area contributed by atoms with E-state index in [1.54, 1.807) is 0 Å². The number of imidazole rings is 1. The first-order valence-electron chi connectivity index (χ1n) is 6.36. The van der Waals surface area contributed by atoms with Crippen LogP contribution in [-0.4, -0.2) is 9.55 Å². The van der Waals surface area contributed by atoms with E-state index in [1.165, 1.54) is 6.42 Å². The zero-order valence-electron chi connectivity index (χ0n) is 10.5. The van der Waals surface area contributed by atoms with Crippen molar-refractivity contribution < 1.29 is 0 Å². The fourth-order valence-electron chi connectivity index (χ4n) is 2.51. The lowest BCUT2D eigenvalue weighted by atomic mass is 10.3. The first kappa shape index (κ1) is 12.3. The molecule has 2 aromatic rings. The molecular weight excluding hydrogens is 267 g/mol. The molecule has 1 heterocycles. The van der Waals surface area contributed by atoms with Crippen molar-refractivity contribution in [1.29, 1.82) is 0 Å². The van der Waals surface area contributed by atoms with Crippen molar-refractivity contribution in [2.45, 2.75) is 32.2 Å². The topological polar surface area (TPSA) is 17.8 Å². The molecule has 0 radical (unpaired) electrons. The van der Waals surface area contributed by atoms with E-state index in [-0.39, 0.29) is 5.38 Å². The van der Waals surface area contributed by atoms with Crippen LogP contribution in [0.3, 0.4) is 0 Å². The van der Waals surface area contributed by atoms with Crippen molar-refractivity contribution in [3.8, 4) is 0 Å². The number of rotatable bonds is 3. The lowest BCUT2D eigenvalue weighted by molar-refractivity contribution is 0.582. The molecule has 0 N–H and O–H groups in total. The van der Waals surface area contributed by atoms with Crippen molar-refractivity contribution in [2.24, 2.45) is 11.8 Å². The fourth-order valence-corrected chi connectivity index (χ4v) is 2.84. The van der Waals surface area contributed by atoms with Crippen molar-refractivity contribution in [3.05, 3.63) is 29.0 Å². The number of nitrogens with zero attached hydrogens (tertiary/aromatic N) is 2. The summed E-state index contributed by atoms with van der Waals surface area (Å²) in [5, 5.41) is 0.644. The molecule has 3 rings (SSSR count). The molecule has 1 aliphatic rings. The molecule has 3 atom stereocenters. The number of benzene rings is 1. The van der Waals surface area contributed by atoms with Gasteiger partial charge in [-0.3, -0.25) is 0 Å². The summed E-state index contributed by atoms with van der Waals surface area (Å²) in [6.07, 6.45) is 1.31. The molecular formula is C14H16Cl2N2. The minimum Gasteiger partial charge on any atom is -0.326 e. The molecule has 0 aliphatic heterocycles. The van der Waals surface area contributed by atoms with Crippen molar-refractivity contribution >= 4 is 34.2 Å². The van der Waals surface area contributed by atoms with Gasteiger partial charge in [-0.05, 0) is 43.4 Å². The number of hydrogen-bond acceptors (Lipinski definition) is 1. The van der Waals surface area contributed by atoms with Crippen LogP contribution in [0.5, 0.6) is 0 Å². The zero-order chi connectivity index (χ0) is 12.9. The Bertz CT molecular complexity index is 589. The highest BCUT2D eigenvalue weighted by atomic mass is 35.5. The van der Waals surface area contributed by atoms with Gasteiger partial charge in [0, 0.05) is 11.6 Å². The zero-order valence-corrected chi connectivity index (χ0v) is 12.0. The number of aromatic nitrogens is 2. The summed E-state index contributed by atoms with van der Waals surface area (Å²) in [7, 11) is 0. The van der Waals surface area contributed by atoms with E-state index in [0.29, 0.717) is 0 Å². The fraction of sp³-hybridized carbons (Fsp3) is 0.500. The first-order chi connectivity index (χ1) is 8.56. The summed E-state index contributed by atoms with van der Waals surface area (Å²) < 4.78 is 2.26. The largest absolute Gasteiger partial charge is 0.326 e. The molecule has 2 nitrogen and oxygen atoms in total. The summed E-state index contributed by atoms with van der Waals surface area (Å²) in [6.45, 7) is 5.29. The third-order valence-corrected chi connectivity index (χ3v) is 4.22. The number of alkyl halides is 1. The Kier molecular flexibility index (Phi) is 3.03. The monoisotopic (exact) mass is 282 g/mol. The Hall–Kier alpha value is -0.730. The molecule has 1 aromatic carbocycles. The normalized spacial score (nSPS) is 24.4. The third-order valence-electron chi connectivity index (χ3n) is 3.79. The SMILES string of the molecule is CC(Cl)c1nc2cc(Cl)ccc2n1CC1CC1C. The van der Waals surface area contributed by atoms with Crippen LogP contribution in [0.4, 0.5) is 0 Å². The van der Waals surface area contributed by atoms with Crippen LogP contribution < -0.4 is 0 Å². The van der Waals surface area contributed by atoms with E-state index in [4.69, 9.17) is 23.2 Å². The average molecular weight is 283 g/mol. The number of halogens is 2. The van der Waals surface area contributed by atoms with Crippen molar-refractivity contribution in [3.63, 3.8) is 0 Å². The highest BCUT2D eigenvalue weighted by Gasteiger charge is 2.33. The molecule has 1 aromatic heterocycles. The molecule has 0 spiro atoms. The molecule has 0 amide bonds. The summed E-state index contributed by atoms with van der Waals surface area (Å²) in [4.78, 5) is 4.63. The Balaban J connectivity index is 2.09. The van der Waals surface area contributed by atoms with E-state index >= 15 is 0 Å². The summed E-state index contributed by atoms with van der Waals surface area (Å²) in [6, 6.07) is 5.87. The smallest absolute Gasteiger partial charge is 0.127 e. The Morgan fingerprint density at radius 1 is 1.50 bits per heavy atom. The lowest BCUT2D eigenvalue weighted by Gasteiger charge is -2.10. The Morgan fingerprint density at radius 2 is 2.22 bits per heavy atom. The van der Waals surface area contributed by atoms with Gasteiger partial charge in [0.2, 0.25) is 0 Å². The maximum absolute atomic E-state index is 6.24. The molecule has 1 aliphatic carbocycles. The minimum atomic E-state index is -0.0785. The molecule has 4 heteroatoms. The van der Waals surface area contributed by atoms with Gasteiger partial charge in [0.05, 0.1) is 16.4 Å².